The third-order valence-corrected chi connectivity index (χ3v) is 19.2. The molecule has 0 fully saturated rings. The van der Waals surface area contributed by atoms with Gasteiger partial charge in [0.2, 0.25) is 0 Å². The fourth-order valence-electron chi connectivity index (χ4n) is 15.1. The molecule has 0 bridgehead atoms. The minimum absolute atomic E-state index is 0.114. The first-order valence-electron chi connectivity index (χ1n) is 29.4. The Labute approximate surface area is 488 Å². The van der Waals surface area contributed by atoms with Crippen LogP contribution in [0.5, 0.6) is 0 Å². The largest absolute Gasteiger partial charge is 0.310 e. The van der Waals surface area contributed by atoms with Crippen LogP contribution in [0.2, 0.25) is 0 Å². The number of rotatable bonds is 7. The van der Waals surface area contributed by atoms with E-state index in [-0.39, 0.29) is 10.8 Å². The summed E-state index contributed by atoms with van der Waals surface area (Å²) in [6.45, 7) is 9.58. The first-order valence-corrected chi connectivity index (χ1v) is 29.4. The zero-order chi connectivity index (χ0) is 55.6. The van der Waals surface area contributed by atoms with Gasteiger partial charge in [0.15, 0.2) is 0 Å². The van der Waals surface area contributed by atoms with Gasteiger partial charge in [0.25, 0.3) is 0 Å². The quantitative estimate of drug-likeness (QED) is 0.154. The first-order chi connectivity index (χ1) is 40.7. The van der Waals surface area contributed by atoms with Gasteiger partial charge in [0.1, 0.15) is 0 Å². The smallest absolute Gasteiger partial charge is 0.0713 e. The van der Waals surface area contributed by atoms with E-state index in [4.69, 9.17) is 0 Å². The summed E-state index contributed by atoms with van der Waals surface area (Å²) in [4.78, 5) is 2.53. The monoisotopic (exact) mass is 1060 g/mol. The Bertz CT molecular complexity index is 4580. The summed E-state index contributed by atoms with van der Waals surface area (Å²) in [7, 11) is 0. The van der Waals surface area contributed by atoms with Crippen molar-refractivity contribution in [1.82, 2.24) is 0 Å². The number of para-hydroxylation sites is 1. The summed E-state index contributed by atoms with van der Waals surface area (Å²) in [5.41, 5.74) is 33.5. The highest BCUT2D eigenvalue weighted by Crippen LogP contribution is 2.60. The number of benzene rings is 12. The summed E-state index contributed by atoms with van der Waals surface area (Å²) < 4.78 is 0. The fraction of sp³-hybridized carbons (Fsp3) is 0.0976. The van der Waals surface area contributed by atoms with Gasteiger partial charge in [0.05, 0.1) is 16.8 Å². The lowest BCUT2D eigenvalue weighted by atomic mass is 9.67. The van der Waals surface area contributed by atoms with Crippen LogP contribution in [0.1, 0.15) is 88.9 Å². The molecular formula is C82H61N. The highest BCUT2D eigenvalue weighted by atomic mass is 15.2. The number of allylic oxidation sites excluding steroid dienone is 1. The summed E-state index contributed by atoms with van der Waals surface area (Å²) in [6.07, 6.45) is 3.35. The Kier molecular flexibility index (Phi) is 11.0. The van der Waals surface area contributed by atoms with Crippen molar-refractivity contribution in [1.29, 1.82) is 0 Å². The van der Waals surface area contributed by atoms with Crippen molar-refractivity contribution in [2.45, 2.75) is 50.4 Å². The molecule has 4 aliphatic rings. The SMILES string of the molecule is CC1(C)c2ccccc2-c2ccc(N3c4ccccc4C(C)(C)c4cc(-c5ccc6c(c5)C(c5ccccc5)(c5ccccc5)c5cccc(/C=C7/Cc8ccc(-c9ccccc9)cc8-c8cc(-c9ccccc9)ccc87)c5-6)ccc43)cc21. The third kappa shape index (κ3) is 7.40. The van der Waals surface area contributed by atoms with Crippen LogP contribution in [0.3, 0.4) is 0 Å². The fourth-order valence-corrected chi connectivity index (χ4v) is 15.1. The molecule has 0 radical (unpaired) electrons. The molecule has 0 saturated carbocycles. The van der Waals surface area contributed by atoms with Crippen LogP contribution in [0.4, 0.5) is 17.1 Å². The van der Waals surface area contributed by atoms with E-state index >= 15 is 0 Å². The summed E-state index contributed by atoms with van der Waals surface area (Å²) in [6, 6.07) is 105. The minimum Gasteiger partial charge on any atom is -0.310 e. The van der Waals surface area contributed by atoms with Crippen LogP contribution < -0.4 is 4.90 Å². The number of nitrogens with zero attached hydrogens (tertiary/aromatic N) is 1. The maximum Gasteiger partial charge on any atom is 0.0713 e. The summed E-state index contributed by atoms with van der Waals surface area (Å²) >= 11 is 0. The molecule has 1 nitrogen and oxygen atoms in total. The number of hydrogen-bond acceptors (Lipinski definition) is 1. The average Bonchev–Trinajstić information content (AvgIpc) is 2.56. The van der Waals surface area contributed by atoms with E-state index in [2.05, 4.69) is 318 Å². The standard InChI is InChI=1S/C82H61N/c1-80(2)71-32-18-17-31-66(71)67-44-41-64(52-74(67)80)83-77-35-20-19-33-72(77)81(3,4)76-51-58(40-45-78(76)83)57-39-43-68-75(50-57)82(62-27-13-7-14-28-62,63-29-15-8-16-30-63)73-34-21-26-60(79(68)73)47-61-46-59-37-36-55(53-22-9-5-10-23-53)48-69(59)70-49-56(38-42-65(61)70)54-24-11-6-12-25-54/h5-45,47-52H,46H2,1-4H3/b61-47-. The van der Waals surface area contributed by atoms with Gasteiger partial charge in [-0.3, -0.25) is 0 Å². The second-order valence-corrected chi connectivity index (χ2v) is 24.3. The second kappa shape index (κ2) is 18.6. The molecular weight excluding hydrogens is 999 g/mol. The first kappa shape index (κ1) is 49.0. The molecule has 0 amide bonds. The topological polar surface area (TPSA) is 3.24 Å². The van der Waals surface area contributed by atoms with E-state index in [1.54, 1.807) is 0 Å². The molecule has 12 aromatic rings. The van der Waals surface area contributed by atoms with Crippen LogP contribution >= 0.6 is 0 Å². The van der Waals surface area contributed by atoms with Gasteiger partial charge in [-0.25, -0.2) is 0 Å². The van der Waals surface area contributed by atoms with Crippen molar-refractivity contribution in [3.8, 4) is 66.8 Å². The van der Waals surface area contributed by atoms with E-state index in [0.29, 0.717) is 0 Å². The van der Waals surface area contributed by atoms with Crippen LogP contribution in [0.25, 0.3) is 78.4 Å². The maximum atomic E-state index is 2.54. The zero-order valence-electron chi connectivity index (χ0n) is 47.3. The van der Waals surface area contributed by atoms with Gasteiger partial charge in [0, 0.05) is 16.5 Å². The summed E-state index contributed by atoms with van der Waals surface area (Å²) in [5.74, 6) is 0. The molecule has 12 aromatic carbocycles. The molecule has 1 aliphatic heterocycles. The highest BCUT2D eigenvalue weighted by molar-refractivity contribution is 6.01. The van der Waals surface area contributed by atoms with Crippen molar-refractivity contribution in [3.05, 3.63) is 340 Å². The van der Waals surface area contributed by atoms with Gasteiger partial charge in [-0.15, -0.1) is 0 Å². The van der Waals surface area contributed by atoms with Gasteiger partial charge in [-0.05, 0) is 188 Å². The summed E-state index contributed by atoms with van der Waals surface area (Å²) in [5, 5.41) is 0. The van der Waals surface area contributed by atoms with Crippen LogP contribution in [0, 0.1) is 0 Å². The highest BCUT2D eigenvalue weighted by Gasteiger charge is 2.47. The third-order valence-electron chi connectivity index (χ3n) is 19.2. The van der Waals surface area contributed by atoms with Crippen molar-refractivity contribution < 1.29 is 0 Å². The predicted octanol–water partition coefficient (Wildman–Crippen LogP) is 21.2. The van der Waals surface area contributed by atoms with Crippen molar-refractivity contribution in [2.24, 2.45) is 0 Å². The molecule has 0 atom stereocenters. The Morgan fingerprint density at radius 1 is 0.313 bits per heavy atom. The Hall–Kier alpha value is -9.82. The average molecular weight is 1060 g/mol. The van der Waals surface area contributed by atoms with Crippen molar-refractivity contribution in [3.63, 3.8) is 0 Å². The normalized spacial score (nSPS) is 15.5. The molecule has 0 N–H and O–H groups in total. The van der Waals surface area contributed by atoms with Gasteiger partial charge in [-0.2, -0.15) is 0 Å². The van der Waals surface area contributed by atoms with E-state index in [9.17, 15) is 0 Å². The lowest BCUT2D eigenvalue weighted by molar-refractivity contribution is 0.631. The van der Waals surface area contributed by atoms with Crippen LogP contribution in [-0.2, 0) is 22.7 Å². The van der Waals surface area contributed by atoms with Crippen molar-refractivity contribution >= 4 is 28.7 Å². The number of hydrogen-bond donors (Lipinski definition) is 0. The van der Waals surface area contributed by atoms with E-state index < -0.39 is 5.41 Å². The van der Waals surface area contributed by atoms with Gasteiger partial charge in [-0.1, -0.05) is 264 Å². The van der Waals surface area contributed by atoms with Gasteiger partial charge < -0.3 is 4.90 Å². The minimum atomic E-state index is -0.600. The molecule has 394 valence electrons. The molecule has 0 spiro atoms. The maximum absolute atomic E-state index is 2.54. The Morgan fingerprint density at radius 3 is 1.52 bits per heavy atom. The number of anilines is 3. The molecule has 0 saturated heterocycles. The van der Waals surface area contributed by atoms with Crippen LogP contribution in [0.15, 0.2) is 279 Å². The van der Waals surface area contributed by atoms with E-state index in [1.807, 2.05) is 0 Å². The molecule has 1 heteroatoms. The molecule has 16 rings (SSSR count). The Morgan fingerprint density at radius 2 is 0.819 bits per heavy atom. The molecule has 3 aliphatic carbocycles. The Balaban J connectivity index is 0.869. The zero-order valence-corrected chi connectivity index (χ0v) is 47.3. The van der Waals surface area contributed by atoms with Crippen LogP contribution in [-0.4, -0.2) is 0 Å². The van der Waals surface area contributed by atoms with E-state index in [0.717, 1.165) is 6.42 Å². The van der Waals surface area contributed by atoms with Gasteiger partial charge >= 0.3 is 0 Å². The molecule has 83 heavy (non-hydrogen) atoms. The molecule has 0 unspecified atom stereocenters. The molecule has 0 aromatic heterocycles. The number of fused-ring (bicyclic) bond motifs is 11. The van der Waals surface area contributed by atoms with E-state index in [1.165, 1.54) is 151 Å². The lowest BCUT2D eigenvalue weighted by Gasteiger charge is -2.42. The van der Waals surface area contributed by atoms with Crippen molar-refractivity contribution in [2.75, 3.05) is 4.90 Å². The molecule has 1 heterocycles. The second-order valence-electron chi connectivity index (χ2n) is 24.3. The predicted molar refractivity (Wildman–Crippen MR) is 348 cm³/mol. The lowest BCUT2D eigenvalue weighted by Crippen LogP contribution is -2.30.